The van der Waals surface area contributed by atoms with Crippen molar-refractivity contribution in [2.24, 2.45) is 0 Å². The third-order valence-electron chi connectivity index (χ3n) is 5.06. The van der Waals surface area contributed by atoms with Crippen molar-refractivity contribution in [3.63, 3.8) is 0 Å². The van der Waals surface area contributed by atoms with Crippen LogP contribution in [0.4, 0.5) is 0 Å². The molecule has 5 rings (SSSR count). The van der Waals surface area contributed by atoms with Crippen molar-refractivity contribution in [1.29, 1.82) is 0 Å². The van der Waals surface area contributed by atoms with Crippen LogP contribution in [0, 0.1) is 0 Å². The van der Waals surface area contributed by atoms with Gasteiger partial charge in [-0.15, -0.1) is 0 Å². The molecule has 1 aliphatic carbocycles. The summed E-state index contributed by atoms with van der Waals surface area (Å²) in [6.45, 7) is 0. The highest BCUT2D eigenvalue weighted by molar-refractivity contribution is 7.19. The third-order valence-corrected chi connectivity index (χ3v) is 6.39. The number of allylic oxidation sites excluding steroid dienone is 5. The molecule has 0 aliphatic heterocycles. The van der Waals surface area contributed by atoms with E-state index in [9.17, 15) is 14.7 Å². The first-order valence-electron chi connectivity index (χ1n) is 9.91. The average Bonchev–Trinajstić information content (AvgIpc) is 3.25. The number of halogens is 1. The second-order valence-corrected chi connectivity index (χ2v) is 8.65. The number of benzene rings is 1. The summed E-state index contributed by atoms with van der Waals surface area (Å²) >= 11 is 7.41. The Morgan fingerprint density at radius 1 is 1.12 bits per heavy atom. The van der Waals surface area contributed by atoms with Gasteiger partial charge < -0.3 is 5.11 Å². The minimum Gasteiger partial charge on any atom is -0.493 e. The van der Waals surface area contributed by atoms with E-state index in [1.54, 1.807) is 36.7 Å². The molecule has 0 fully saturated rings. The molecule has 1 N–H and O–H groups in total. The number of nitrogens with zero attached hydrogens (tertiary/aromatic N) is 4. The minimum atomic E-state index is -0.570. The maximum atomic E-state index is 13.1. The van der Waals surface area contributed by atoms with E-state index in [0.717, 1.165) is 32.6 Å². The lowest BCUT2D eigenvalue weighted by atomic mass is 9.95. The van der Waals surface area contributed by atoms with Gasteiger partial charge in [0.15, 0.2) is 5.78 Å². The van der Waals surface area contributed by atoms with E-state index in [1.165, 1.54) is 12.2 Å². The molecule has 0 unspecified atom stereocenters. The minimum absolute atomic E-state index is 0.109. The van der Waals surface area contributed by atoms with Crippen LogP contribution in [0.15, 0.2) is 83.0 Å². The van der Waals surface area contributed by atoms with E-state index in [2.05, 4.69) is 15.1 Å². The zero-order valence-corrected chi connectivity index (χ0v) is 18.5. The summed E-state index contributed by atoms with van der Waals surface area (Å²) in [4.78, 5) is 34.0. The molecule has 33 heavy (non-hydrogen) atoms. The Morgan fingerprint density at radius 2 is 1.97 bits per heavy atom. The van der Waals surface area contributed by atoms with Crippen molar-refractivity contribution in [1.82, 2.24) is 19.6 Å². The van der Waals surface area contributed by atoms with Crippen LogP contribution in [-0.2, 0) is 11.2 Å². The van der Waals surface area contributed by atoms with E-state index < -0.39 is 11.4 Å². The van der Waals surface area contributed by atoms with Gasteiger partial charge >= 0.3 is 0 Å². The molecule has 7 nitrogen and oxygen atoms in total. The molecule has 162 valence electrons. The van der Waals surface area contributed by atoms with Crippen molar-refractivity contribution in [3.8, 4) is 16.5 Å². The number of carbonyl (C=O) groups excluding carboxylic acids is 1. The molecular weight excluding hydrogens is 460 g/mol. The Kier molecular flexibility index (Phi) is 5.45. The highest BCUT2D eigenvalue weighted by Gasteiger charge is 2.18. The Morgan fingerprint density at radius 3 is 2.76 bits per heavy atom. The fourth-order valence-corrected chi connectivity index (χ4v) is 4.50. The predicted octanol–water partition coefficient (Wildman–Crippen LogP) is 4.26. The van der Waals surface area contributed by atoms with Crippen molar-refractivity contribution >= 4 is 39.8 Å². The third kappa shape index (κ3) is 4.13. The highest BCUT2D eigenvalue weighted by Crippen LogP contribution is 2.27. The van der Waals surface area contributed by atoms with E-state index in [4.69, 9.17) is 11.6 Å². The summed E-state index contributed by atoms with van der Waals surface area (Å²) in [5, 5.41) is 16.0. The van der Waals surface area contributed by atoms with Gasteiger partial charge in [-0.05, 0) is 54.0 Å². The zero-order valence-electron chi connectivity index (χ0n) is 17.0. The normalized spacial score (nSPS) is 14.8. The number of pyridine rings is 1. The maximum Gasteiger partial charge on any atom is 0.286 e. The van der Waals surface area contributed by atoms with Gasteiger partial charge in [-0.3, -0.25) is 14.6 Å². The molecule has 1 aliphatic rings. The summed E-state index contributed by atoms with van der Waals surface area (Å²) < 4.78 is 1.12. The topological polar surface area (TPSA) is 97.4 Å². The van der Waals surface area contributed by atoms with E-state index in [0.29, 0.717) is 16.5 Å². The highest BCUT2D eigenvalue weighted by atomic mass is 35.5. The molecule has 0 amide bonds. The van der Waals surface area contributed by atoms with Gasteiger partial charge in [0.05, 0.1) is 0 Å². The van der Waals surface area contributed by atoms with Crippen LogP contribution >= 0.6 is 22.9 Å². The van der Waals surface area contributed by atoms with Gasteiger partial charge in [0.1, 0.15) is 10.6 Å². The van der Waals surface area contributed by atoms with E-state index in [-0.39, 0.29) is 21.9 Å². The van der Waals surface area contributed by atoms with Gasteiger partial charge in [-0.1, -0.05) is 47.2 Å². The lowest BCUT2D eigenvalue weighted by Crippen LogP contribution is -2.18. The van der Waals surface area contributed by atoms with Crippen LogP contribution in [0.3, 0.4) is 0 Å². The first-order chi connectivity index (χ1) is 16.0. The molecule has 4 aromatic rings. The van der Waals surface area contributed by atoms with Crippen molar-refractivity contribution in [3.05, 3.63) is 105 Å². The van der Waals surface area contributed by atoms with Crippen LogP contribution < -0.4 is 5.56 Å². The number of fused-ring (bicyclic) bond motifs is 1. The standard InChI is InChI=1S/C24H15ClN4O3S/c25-19-6-2-1-4-15(19)10-14-7-8-20(30)17(11-14)12-18-21(31)27-24-29(23(18)32)28-22(33-24)16-5-3-9-26-13-16/h1-9,11-13,31H,10H2. The SMILES string of the molecule is O=C1C=CC(Cc2ccccc2Cl)=CC1=Cc1c(O)nc2sc(-c3cccnc3)nn2c1=O. The van der Waals surface area contributed by atoms with Crippen LogP contribution in [-0.4, -0.2) is 30.5 Å². The quantitative estimate of drug-likeness (QED) is 0.444. The van der Waals surface area contributed by atoms with Gasteiger partial charge in [-0.2, -0.15) is 14.6 Å². The summed E-state index contributed by atoms with van der Waals surface area (Å²) in [7, 11) is 0. The van der Waals surface area contributed by atoms with E-state index in [1.807, 2.05) is 24.3 Å². The van der Waals surface area contributed by atoms with Gasteiger partial charge in [0, 0.05) is 28.6 Å². The first-order valence-corrected chi connectivity index (χ1v) is 11.1. The number of ketones is 1. The number of rotatable bonds is 4. The van der Waals surface area contributed by atoms with Gasteiger partial charge in [0.25, 0.3) is 5.56 Å². The Balaban J connectivity index is 1.55. The molecule has 3 heterocycles. The van der Waals surface area contributed by atoms with Crippen LogP contribution in [0.5, 0.6) is 5.88 Å². The Bertz CT molecular complexity index is 1550. The summed E-state index contributed by atoms with van der Waals surface area (Å²) in [6.07, 6.45) is 9.97. The molecule has 3 aromatic heterocycles. The fraction of sp³-hybridized carbons (Fsp3) is 0.0417. The summed E-state index contributed by atoms with van der Waals surface area (Å²) in [6, 6.07) is 11.0. The molecule has 9 heteroatoms. The molecule has 1 aromatic carbocycles. The average molecular weight is 475 g/mol. The molecule has 0 radical (unpaired) electrons. The lowest BCUT2D eigenvalue weighted by Gasteiger charge is -2.10. The fourth-order valence-electron chi connectivity index (χ4n) is 3.42. The number of aromatic hydroxyl groups is 1. The molecule has 0 saturated heterocycles. The number of hydrogen-bond acceptors (Lipinski definition) is 7. The number of hydrogen-bond donors (Lipinski definition) is 1. The lowest BCUT2D eigenvalue weighted by molar-refractivity contribution is -0.111. The molecule has 0 saturated carbocycles. The second kappa shape index (κ2) is 8.57. The monoisotopic (exact) mass is 474 g/mol. The predicted molar refractivity (Wildman–Crippen MR) is 127 cm³/mol. The van der Waals surface area contributed by atoms with E-state index >= 15 is 0 Å². The Labute approximate surface area is 196 Å². The molecule has 0 bridgehead atoms. The van der Waals surface area contributed by atoms with Crippen LogP contribution in [0.1, 0.15) is 11.1 Å². The first kappa shape index (κ1) is 21.0. The Hall–Kier alpha value is -3.88. The zero-order chi connectivity index (χ0) is 22.9. The van der Waals surface area contributed by atoms with Gasteiger partial charge in [0.2, 0.25) is 10.8 Å². The smallest absolute Gasteiger partial charge is 0.286 e. The second-order valence-electron chi connectivity index (χ2n) is 7.28. The van der Waals surface area contributed by atoms with Crippen molar-refractivity contribution in [2.75, 3.05) is 0 Å². The molecule has 0 spiro atoms. The van der Waals surface area contributed by atoms with Crippen molar-refractivity contribution < 1.29 is 9.90 Å². The van der Waals surface area contributed by atoms with Crippen molar-refractivity contribution in [2.45, 2.75) is 6.42 Å². The molecular formula is C24H15ClN4O3S. The molecule has 0 atom stereocenters. The summed E-state index contributed by atoms with van der Waals surface area (Å²) in [5.74, 6) is -0.742. The van der Waals surface area contributed by atoms with Gasteiger partial charge in [-0.25, -0.2) is 0 Å². The maximum absolute atomic E-state index is 13.1. The van der Waals surface area contributed by atoms with Crippen LogP contribution in [0.2, 0.25) is 5.02 Å². The van der Waals surface area contributed by atoms with Crippen LogP contribution in [0.25, 0.3) is 21.6 Å². The summed E-state index contributed by atoms with van der Waals surface area (Å²) in [5.41, 5.74) is 2.07. The number of carbonyl (C=O) groups is 1. The number of aromatic nitrogens is 4. The largest absolute Gasteiger partial charge is 0.493 e.